The van der Waals surface area contributed by atoms with Crippen LogP contribution in [-0.4, -0.2) is 32.6 Å². The van der Waals surface area contributed by atoms with E-state index in [1.54, 1.807) is 0 Å². The molecule has 3 heteroatoms. The van der Waals surface area contributed by atoms with Crippen LogP contribution in [0.5, 0.6) is 0 Å². The van der Waals surface area contributed by atoms with Gasteiger partial charge in [-0.15, -0.1) is 0 Å². The summed E-state index contributed by atoms with van der Waals surface area (Å²) in [5.74, 6) is 0.712. The van der Waals surface area contributed by atoms with Gasteiger partial charge in [0.2, 0.25) is 0 Å². The minimum Gasteiger partial charge on any atom is -0.381 e. The van der Waals surface area contributed by atoms with E-state index in [0.29, 0.717) is 12.5 Å². The van der Waals surface area contributed by atoms with Gasteiger partial charge < -0.3 is 14.8 Å². The van der Waals surface area contributed by atoms with Crippen molar-refractivity contribution in [2.45, 2.75) is 12.8 Å². The monoisotopic (exact) mass is 157 g/mol. The Morgan fingerprint density at radius 2 is 2.18 bits per heavy atom. The molecule has 0 radical (unpaired) electrons. The Bertz CT molecular complexity index is 111. The van der Waals surface area contributed by atoms with E-state index >= 15 is 0 Å². The van der Waals surface area contributed by atoms with Crippen LogP contribution in [0.1, 0.15) is 12.8 Å². The summed E-state index contributed by atoms with van der Waals surface area (Å²) >= 11 is 0. The van der Waals surface area contributed by atoms with E-state index in [-0.39, 0.29) is 0 Å². The maximum atomic E-state index is 9.96. The van der Waals surface area contributed by atoms with E-state index in [1.165, 1.54) is 0 Å². The summed E-state index contributed by atoms with van der Waals surface area (Å²) in [6.45, 7) is 3.21. The molecular formula is C8H15NO2. The van der Waals surface area contributed by atoms with E-state index in [0.717, 1.165) is 38.9 Å². The minimum atomic E-state index is 0.483. The van der Waals surface area contributed by atoms with Crippen LogP contribution in [0.3, 0.4) is 0 Å². The Kier molecular flexibility index (Phi) is 4.16. The van der Waals surface area contributed by atoms with E-state index in [4.69, 9.17) is 4.74 Å². The molecule has 1 aliphatic rings. The first-order chi connectivity index (χ1) is 5.43. The molecule has 1 N–H and O–H groups in total. The molecule has 3 nitrogen and oxygen atoms in total. The van der Waals surface area contributed by atoms with Gasteiger partial charge in [-0.3, -0.25) is 0 Å². The third-order valence-corrected chi connectivity index (χ3v) is 2.00. The van der Waals surface area contributed by atoms with E-state index < -0.39 is 0 Å². The van der Waals surface area contributed by atoms with Crippen molar-refractivity contribution in [2.75, 3.05) is 26.3 Å². The molecule has 0 saturated carbocycles. The van der Waals surface area contributed by atoms with Gasteiger partial charge in [0.25, 0.3) is 0 Å². The molecule has 1 aliphatic heterocycles. The molecule has 0 aromatic heterocycles. The largest absolute Gasteiger partial charge is 0.381 e. The summed E-state index contributed by atoms with van der Waals surface area (Å²) in [6.07, 6.45) is 3.16. The smallest absolute Gasteiger partial charge is 0.133 e. The van der Waals surface area contributed by atoms with E-state index in [2.05, 4.69) is 5.32 Å². The first-order valence-corrected chi connectivity index (χ1v) is 4.15. The SMILES string of the molecule is O=CCNCC1CCOCC1. The lowest BCUT2D eigenvalue weighted by molar-refractivity contribution is -0.107. The second kappa shape index (κ2) is 5.27. The zero-order valence-corrected chi connectivity index (χ0v) is 6.71. The summed E-state index contributed by atoms with van der Waals surface area (Å²) in [4.78, 5) is 9.96. The molecule has 0 amide bonds. The number of carbonyl (C=O) groups is 1. The standard InChI is InChI=1S/C8H15NO2/c10-4-3-9-7-8-1-5-11-6-2-8/h4,8-9H,1-3,5-7H2. The molecule has 1 heterocycles. The molecule has 1 fully saturated rings. The van der Waals surface area contributed by atoms with Crippen LogP contribution in [-0.2, 0) is 9.53 Å². The van der Waals surface area contributed by atoms with Crippen molar-refractivity contribution in [2.24, 2.45) is 5.92 Å². The zero-order chi connectivity index (χ0) is 7.94. The molecule has 0 spiro atoms. The lowest BCUT2D eigenvalue weighted by Gasteiger charge is -2.21. The summed E-state index contributed by atoms with van der Waals surface area (Å²) in [5, 5.41) is 3.08. The van der Waals surface area contributed by atoms with Gasteiger partial charge in [-0.05, 0) is 25.3 Å². The van der Waals surface area contributed by atoms with Crippen molar-refractivity contribution in [3.05, 3.63) is 0 Å². The van der Waals surface area contributed by atoms with Crippen molar-refractivity contribution >= 4 is 6.29 Å². The molecule has 0 aromatic rings. The number of hydrogen-bond acceptors (Lipinski definition) is 3. The highest BCUT2D eigenvalue weighted by atomic mass is 16.5. The number of nitrogens with one attached hydrogen (secondary N) is 1. The average Bonchev–Trinajstić information content (AvgIpc) is 2.07. The molecule has 0 unspecified atom stereocenters. The van der Waals surface area contributed by atoms with Crippen molar-refractivity contribution < 1.29 is 9.53 Å². The lowest BCUT2D eigenvalue weighted by atomic mass is 10.0. The highest BCUT2D eigenvalue weighted by Gasteiger charge is 2.12. The molecule has 0 bridgehead atoms. The second-order valence-corrected chi connectivity index (χ2v) is 2.88. The van der Waals surface area contributed by atoms with Crippen molar-refractivity contribution in [3.63, 3.8) is 0 Å². The first kappa shape index (κ1) is 8.68. The van der Waals surface area contributed by atoms with Crippen LogP contribution in [0.2, 0.25) is 0 Å². The first-order valence-electron chi connectivity index (χ1n) is 4.15. The maximum Gasteiger partial charge on any atom is 0.133 e. The highest BCUT2D eigenvalue weighted by Crippen LogP contribution is 2.12. The molecule has 1 saturated heterocycles. The fourth-order valence-corrected chi connectivity index (χ4v) is 1.30. The van der Waals surface area contributed by atoms with Crippen molar-refractivity contribution in [1.29, 1.82) is 0 Å². The number of carbonyl (C=O) groups excluding carboxylic acids is 1. The minimum absolute atomic E-state index is 0.483. The quantitative estimate of drug-likeness (QED) is 0.468. The van der Waals surface area contributed by atoms with Gasteiger partial charge in [-0.25, -0.2) is 0 Å². The Balaban J connectivity index is 2.00. The highest BCUT2D eigenvalue weighted by molar-refractivity contribution is 5.51. The maximum absolute atomic E-state index is 9.96. The Morgan fingerprint density at radius 1 is 1.45 bits per heavy atom. The Hall–Kier alpha value is -0.410. The van der Waals surface area contributed by atoms with E-state index in [1.807, 2.05) is 0 Å². The van der Waals surface area contributed by atoms with Gasteiger partial charge >= 0.3 is 0 Å². The van der Waals surface area contributed by atoms with Gasteiger partial charge in [0.15, 0.2) is 0 Å². The second-order valence-electron chi connectivity index (χ2n) is 2.88. The Labute approximate surface area is 67.1 Å². The van der Waals surface area contributed by atoms with Crippen molar-refractivity contribution in [3.8, 4) is 0 Å². The summed E-state index contributed by atoms with van der Waals surface area (Å²) in [7, 11) is 0. The van der Waals surface area contributed by atoms with Crippen LogP contribution < -0.4 is 5.32 Å². The van der Waals surface area contributed by atoms with Gasteiger partial charge in [0.1, 0.15) is 6.29 Å². The third-order valence-electron chi connectivity index (χ3n) is 2.00. The van der Waals surface area contributed by atoms with Crippen LogP contribution in [0.15, 0.2) is 0 Å². The number of ether oxygens (including phenoxy) is 1. The molecule has 1 rings (SSSR count). The average molecular weight is 157 g/mol. The zero-order valence-electron chi connectivity index (χ0n) is 6.71. The van der Waals surface area contributed by atoms with Gasteiger partial charge in [0, 0.05) is 13.2 Å². The normalized spacial score (nSPS) is 20.0. The molecular weight excluding hydrogens is 142 g/mol. The summed E-state index contributed by atoms with van der Waals surface area (Å²) < 4.78 is 5.21. The number of aldehydes is 1. The van der Waals surface area contributed by atoms with Crippen molar-refractivity contribution in [1.82, 2.24) is 5.32 Å². The van der Waals surface area contributed by atoms with Crippen LogP contribution in [0, 0.1) is 5.92 Å². The topological polar surface area (TPSA) is 38.3 Å². The predicted octanol–water partition coefficient (Wildman–Crippen LogP) is 0.201. The van der Waals surface area contributed by atoms with Gasteiger partial charge in [0.05, 0.1) is 6.54 Å². The predicted molar refractivity (Wildman–Crippen MR) is 42.5 cm³/mol. The molecule has 0 aromatic carbocycles. The molecule has 0 atom stereocenters. The summed E-state index contributed by atoms with van der Waals surface area (Å²) in [5.41, 5.74) is 0. The van der Waals surface area contributed by atoms with E-state index in [9.17, 15) is 4.79 Å². The number of rotatable bonds is 4. The fourth-order valence-electron chi connectivity index (χ4n) is 1.30. The van der Waals surface area contributed by atoms with Crippen LogP contribution in [0.4, 0.5) is 0 Å². The Morgan fingerprint density at radius 3 is 2.82 bits per heavy atom. The van der Waals surface area contributed by atoms with Gasteiger partial charge in [-0.2, -0.15) is 0 Å². The molecule has 11 heavy (non-hydrogen) atoms. The van der Waals surface area contributed by atoms with Gasteiger partial charge in [-0.1, -0.05) is 0 Å². The molecule has 64 valence electrons. The summed E-state index contributed by atoms with van der Waals surface area (Å²) in [6, 6.07) is 0. The van der Waals surface area contributed by atoms with Crippen LogP contribution in [0.25, 0.3) is 0 Å². The molecule has 0 aliphatic carbocycles. The fraction of sp³-hybridized carbons (Fsp3) is 0.875. The lowest BCUT2D eigenvalue weighted by Crippen LogP contribution is -2.28. The number of hydrogen-bond donors (Lipinski definition) is 1. The third kappa shape index (κ3) is 3.49. The van der Waals surface area contributed by atoms with Crippen LogP contribution >= 0.6 is 0 Å².